The SMILES string of the molecule is CCCCCCCCCCCCCC1CSc2ccccc2C(=O)O1. The molecule has 1 heterocycles. The summed E-state index contributed by atoms with van der Waals surface area (Å²) in [6.45, 7) is 2.27. The molecule has 25 heavy (non-hydrogen) atoms. The van der Waals surface area contributed by atoms with Gasteiger partial charge in [-0.1, -0.05) is 83.3 Å². The first-order valence-corrected chi connectivity index (χ1v) is 11.2. The molecule has 0 amide bonds. The molecule has 1 unspecified atom stereocenters. The van der Waals surface area contributed by atoms with Crippen molar-refractivity contribution in [2.24, 2.45) is 0 Å². The Kier molecular flexibility index (Phi) is 10.1. The van der Waals surface area contributed by atoms with Crippen LogP contribution in [-0.4, -0.2) is 17.8 Å². The minimum atomic E-state index is -0.145. The number of carbonyl (C=O) groups excluding carboxylic acids is 1. The quantitative estimate of drug-likeness (QED) is 0.295. The second-order valence-electron chi connectivity index (χ2n) is 7.16. The van der Waals surface area contributed by atoms with Gasteiger partial charge in [0.15, 0.2) is 0 Å². The summed E-state index contributed by atoms with van der Waals surface area (Å²) in [6.07, 6.45) is 16.0. The highest BCUT2D eigenvalue weighted by Gasteiger charge is 2.23. The zero-order valence-corrected chi connectivity index (χ0v) is 16.6. The molecule has 1 aromatic rings. The molecule has 0 aromatic heterocycles. The van der Waals surface area contributed by atoms with E-state index in [1.54, 1.807) is 11.8 Å². The van der Waals surface area contributed by atoms with Crippen LogP contribution in [0, 0.1) is 0 Å². The minimum Gasteiger partial charge on any atom is -0.458 e. The van der Waals surface area contributed by atoms with Gasteiger partial charge in [0, 0.05) is 10.6 Å². The predicted molar refractivity (Wildman–Crippen MR) is 107 cm³/mol. The van der Waals surface area contributed by atoms with Gasteiger partial charge in [-0.25, -0.2) is 4.79 Å². The lowest BCUT2D eigenvalue weighted by Gasteiger charge is -2.14. The number of esters is 1. The van der Waals surface area contributed by atoms with Crippen LogP contribution in [0.2, 0.25) is 0 Å². The summed E-state index contributed by atoms with van der Waals surface area (Å²) in [5, 5.41) is 0. The second kappa shape index (κ2) is 12.4. The molecular weight excluding hydrogens is 328 g/mol. The van der Waals surface area contributed by atoms with Crippen molar-refractivity contribution in [1.82, 2.24) is 0 Å². The summed E-state index contributed by atoms with van der Waals surface area (Å²) in [7, 11) is 0. The smallest absolute Gasteiger partial charge is 0.339 e. The van der Waals surface area contributed by atoms with Crippen LogP contribution in [0.1, 0.15) is 94.3 Å². The van der Waals surface area contributed by atoms with E-state index in [2.05, 4.69) is 6.92 Å². The van der Waals surface area contributed by atoms with E-state index < -0.39 is 0 Å². The number of cyclic esters (lactones) is 1. The molecule has 2 nitrogen and oxygen atoms in total. The fourth-order valence-electron chi connectivity index (χ4n) is 3.37. The van der Waals surface area contributed by atoms with Gasteiger partial charge < -0.3 is 4.74 Å². The number of thioether (sulfide) groups is 1. The summed E-state index contributed by atoms with van der Waals surface area (Å²) >= 11 is 1.76. The van der Waals surface area contributed by atoms with E-state index in [1.807, 2.05) is 24.3 Å². The zero-order valence-electron chi connectivity index (χ0n) is 15.8. The lowest BCUT2D eigenvalue weighted by atomic mass is 10.0. The van der Waals surface area contributed by atoms with Crippen molar-refractivity contribution in [2.45, 2.75) is 95.0 Å². The number of hydrogen-bond acceptors (Lipinski definition) is 3. The van der Waals surface area contributed by atoms with Gasteiger partial charge in [0.05, 0.1) is 5.56 Å². The van der Waals surface area contributed by atoms with Crippen LogP contribution >= 0.6 is 11.8 Å². The summed E-state index contributed by atoms with van der Waals surface area (Å²) in [5.41, 5.74) is 0.730. The molecule has 1 atom stereocenters. The largest absolute Gasteiger partial charge is 0.458 e. The van der Waals surface area contributed by atoms with Crippen molar-refractivity contribution in [3.63, 3.8) is 0 Å². The van der Waals surface area contributed by atoms with Crippen molar-refractivity contribution in [3.05, 3.63) is 29.8 Å². The molecule has 3 heteroatoms. The van der Waals surface area contributed by atoms with E-state index in [1.165, 1.54) is 70.6 Å². The van der Waals surface area contributed by atoms with E-state index in [0.717, 1.165) is 22.6 Å². The van der Waals surface area contributed by atoms with Gasteiger partial charge in [0.2, 0.25) is 0 Å². The molecule has 1 aromatic carbocycles. The highest BCUT2D eigenvalue weighted by Crippen LogP contribution is 2.29. The van der Waals surface area contributed by atoms with E-state index >= 15 is 0 Å². The van der Waals surface area contributed by atoms with Crippen LogP contribution < -0.4 is 0 Å². The number of unbranched alkanes of at least 4 members (excludes halogenated alkanes) is 10. The highest BCUT2D eigenvalue weighted by atomic mass is 32.2. The van der Waals surface area contributed by atoms with Crippen molar-refractivity contribution >= 4 is 17.7 Å². The summed E-state index contributed by atoms with van der Waals surface area (Å²) in [4.78, 5) is 13.2. The van der Waals surface area contributed by atoms with Crippen molar-refractivity contribution in [1.29, 1.82) is 0 Å². The summed E-state index contributed by atoms with van der Waals surface area (Å²) in [6, 6.07) is 7.79. The predicted octanol–water partition coefficient (Wildman–Crippen LogP) is 7.02. The zero-order chi connectivity index (χ0) is 17.7. The van der Waals surface area contributed by atoms with Crippen LogP contribution in [0.3, 0.4) is 0 Å². The molecule has 0 bridgehead atoms. The van der Waals surface area contributed by atoms with Crippen LogP contribution in [0.4, 0.5) is 0 Å². The van der Waals surface area contributed by atoms with Gasteiger partial charge in [0.25, 0.3) is 0 Å². The standard InChI is InChI=1S/C22H34O2S/c1-2-3-4-5-6-7-8-9-10-11-12-15-19-18-25-21-17-14-13-16-20(21)22(23)24-19/h13-14,16-17,19H,2-12,15,18H2,1H3. The topological polar surface area (TPSA) is 26.3 Å². The van der Waals surface area contributed by atoms with E-state index in [0.29, 0.717) is 0 Å². The van der Waals surface area contributed by atoms with E-state index in [9.17, 15) is 4.79 Å². The summed E-state index contributed by atoms with van der Waals surface area (Å²) in [5.74, 6) is 0.745. The molecule has 0 fully saturated rings. The maximum absolute atomic E-state index is 12.2. The minimum absolute atomic E-state index is 0.0727. The molecule has 0 saturated carbocycles. The fraction of sp³-hybridized carbons (Fsp3) is 0.682. The average molecular weight is 363 g/mol. The first-order chi connectivity index (χ1) is 12.3. The molecule has 140 valence electrons. The Labute approximate surface area is 158 Å². The average Bonchev–Trinajstić information content (AvgIpc) is 2.79. The molecular formula is C22H34O2S. The van der Waals surface area contributed by atoms with E-state index in [4.69, 9.17) is 4.74 Å². The molecule has 2 rings (SSSR count). The highest BCUT2D eigenvalue weighted by molar-refractivity contribution is 7.99. The Morgan fingerprint density at radius 2 is 1.52 bits per heavy atom. The number of ether oxygens (including phenoxy) is 1. The van der Waals surface area contributed by atoms with Crippen molar-refractivity contribution < 1.29 is 9.53 Å². The number of benzene rings is 1. The van der Waals surface area contributed by atoms with Crippen LogP contribution in [0.15, 0.2) is 29.2 Å². The number of carbonyl (C=O) groups is 1. The summed E-state index contributed by atoms with van der Waals surface area (Å²) < 4.78 is 5.67. The maximum Gasteiger partial charge on any atom is 0.339 e. The van der Waals surface area contributed by atoms with Crippen LogP contribution in [0.5, 0.6) is 0 Å². The normalized spacial score (nSPS) is 17.0. The molecule has 0 aliphatic carbocycles. The first-order valence-electron chi connectivity index (χ1n) is 10.2. The molecule has 1 aliphatic rings. The lowest BCUT2D eigenvalue weighted by molar-refractivity contribution is 0.0332. The Hall–Kier alpha value is -0.960. The van der Waals surface area contributed by atoms with Crippen molar-refractivity contribution in [2.75, 3.05) is 5.75 Å². The molecule has 0 N–H and O–H groups in total. The Morgan fingerprint density at radius 3 is 2.20 bits per heavy atom. The molecule has 0 spiro atoms. The third-order valence-electron chi connectivity index (χ3n) is 4.94. The monoisotopic (exact) mass is 362 g/mol. The Balaban J connectivity index is 1.50. The Morgan fingerprint density at radius 1 is 0.920 bits per heavy atom. The third-order valence-corrected chi connectivity index (χ3v) is 6.14. The van der Waals surface area contributed by atoms with Gasteiger partial charge in [-0.3, -0.25) is 0 Å². The van der Waals surface area contributed by atoms with Gasteiger partial charge in [-0.2, -0.15) is 0 Å². The lowest BCUT2D eigenvalue weighted by Crippen LogP contribution is -2.18. The number of fused-ring (bicyclic) bond motifs is 1. The van der Waals surface area contributed by atoms with Gasteiger partial charge in [0.1, 0.15) is 6.10 Å². The van der Waals surface area contributed by atoms with Gasteiger partial charge in [-0.15, -0.1) is 11.8 Å². The van der Waals surface area contributed by atoms with Gasteiger partial charge in [-0.05, 0) is 25.0 Å². The molecule has 0 saturated heterocycles. The number of rotatable bonds is 12. The van der Waals surface area contributed by atoms with Crippen LogP contribution in [-0.2, 0) is 4.74 Å². The Bertz CT molecular complexity index is 501. The van der Waals surface area contributed by atoms with Crippen LogP contribution in [0.25, 0.3) is 0 Å². The first kappa shape index (κ1) is 20.4. The van der Waals surface area contributed by atoms with E-state index in [-0.39, 0.29) is 12.1 Å². The molecule has 1 aliphatic heterocycles. The number of hydrogen-bond donors (Lipinski definition) is 0. The van der Waals surface area contributed by atoms with Gasteiger partial charge >= 0.3 is 5.97 Å². The third kappa shape index (κ3) is 7.85. The van der Waals surface area contributed by atoms with Crippen molar-refractivity contribution in [3.8, 4) is 0 Å². The maximum atomic E-state index is 12.2. The molecule has 0 radical (unpaired) electrons. The second-order valence-corrected chi connectivity index (χ2v) is 8.22. The fourth-order valence-corrected chi connectivity index (χ4v) is 4.45.